The predicted molar refractivity (Wildman–Crippen MR) is 77.9 cm³/mol. The van der Waals surface area contributed by atoms with Crippen molar-refractivity contribution >= 4 is 0 Å². The molecule has 2 fully saturated rings. The molecule has 1 aromatic rings. The lowest BCUT2D eigenvalue weighted by Crippen LogP contribution is -2.42. The molecule has 1 aliphatic heterocycles. The van der Waals surface area contributed by atoms with Crippen LogP contribution in [0, 0.1) is 0 Å². The lowest BCUT2D eigenvalue weighted by Gasteiger charge is -2.35. The summed E-state index contributed by atoms with van der Waals surface area (Å²) < 4.78 is 22.3. The van der Waals surface area contributed by atoms with Crippen molar-refractivity contribution in [3.63, 3.8) is 0 Å². The van der Waals surface area contributed by atoms with E-state index in [9.17, 15) is 0 Å². The van der Waals surface area contributed by atoms with Gasteiger partial charge in [0.25, 0.3) is 0 Å². The van der Waals surface area contributed by atoms with Crippen LogP contribution < -0.4 is 5.32 Å². The molecule has 1 N–H and O–H groups in total. The van der Waals surface area contributed by atoms with E-state index in [1.807, 2.05) is 12.1 Å². The zero-order chi connectivity index (χ0) is 14.4. The van der Waals surface area contributed by atoms with Crippen LogP contribution in [0.3, 0.4) is 0 Å². The van der Waals surface area contributed by atoms with E-state index in [-0.39, 0.29) is 5.79 Å². The van der Waals surface area contributed by atoms with Gasteiger partial charge < -0.3 is 23.9 Å². The minimum absolute atomic E-state index is 0.246. The molecule has 1 aromatic heterocycles. The number of ether oxygens (including phenoxy) is 3. The summed E-state index contributed by atoms with van der Waals surface area (Å²) in [6.07, 6.45) is 6.99. The van der Waals surface area contributed by atoms with Crippen molar-refractivity contribution in [2.24, 2.45) is 0 Å². The van der Waals surface area contributed by atoms with Crippen LogP contribution in [-0.4, -0.2) is 38.2 Å². The van der Waals surface area contributed by atoms with Crippen molar-refractivity contribution in [2.75, 3.05) is 26.4 Å². The Morgan fingerprint density at radius 2 is 2.05 bits per heavy atom. The second-order valence-electron chi connectivity index (χ2n) is 5.82. The molecular formula is C16H25NO4. The number of rotatable bonds is 7. The van der Waals surface area contributed by atoms with Crippen molar-refractivity contribution in [1.29, 1.82) is 0 Å². The summed E-state index contributed by atoms with van der Waals surface area (Å²) in [5.41, 5.74) is 0. The molecule has 2 aliphatic rings. The van der Waals surface area contributed by atoms with Gasteiger partial charge in [-0.2, -0.15) is 0 Å². The smallest absolute Gasteiger partial charge is 0.168 e. The van der Waals surface area contributed by atoms with E-state index in [1.54, 1.807) is 6.26 Å². The molecule has 1 saturated heterocycles. The van der Waals surface area contributed by atoms with E-state index in [0.717, 1.165) is 64.2 Å². The van der Waals surface area contributed by atoms with E-state index in [2.05, 4.69) is 5.32 Å². The van der Waals surface area contributed by atoms with Gasteiger partial charge in [-0.1, -0.05) is 0 Å². The van der Waals surface area contributed by atoms with Crippen LogP contribution in [0.2, 0.25) is 0 Å². The first-order valence-corrected chi connectivity index (χ1v) is 7.98. The summed E-state index contributed by atoms with van der Waals surface area (Å²) in [5, 5.41) is 3.61. The molecule has 1 aliphatic carbocycles. The van der Waals surface area contributed by atoms with Crippen LogP contribution >= 0.6 is 0 Å². The van der Waals surface area contributed by atoms with Gasteiger partial charge in [-0.15, -0.1) is 0 Å². The van der Waals surface area contributed by atoms with Gasteiger partial charge in [0.15, 0.2) is 5.79 Å². The Bertz CT molecular complexity index is 390. The zero-order valence-corrected chi connectivity index (χ0v) is 12.5. The highest BCUT2D eigenvalue weighted by atomic mass is 16.7. The average molecular weight is 295 g/mol. The molecule has 118 valence electrons. The standard InChI is InChI=1S/C16H25NO4/c1-3-15(19-10-1)13-18-9-2-8-17-14-4-6-16(7-5-14)20-11-12-21-16/h1,3,10,14,17H,2,4-9,11-13H2. The normalized spacial score (nSPS) is 22.1. The average Bonchev–Trinajstić information content (AvgIpc) is 3.17. The molecule has 1 spiro atoms. The Hall–Kier alpha value is -0.880. The maximum absolute atomic E-state index is 5.74. The molecule has 0 bridgehead atoms. The third kappa shape index (κ3) is 4.30. The number of nitrogens with one attached hydrogen (secondary N) is 1. The zero-order valence-electron chi connectivity index (χ0n) is 12.5. The monoisotopic (exact) mass is 295 g/mol. The fourth-order valence-corrected chi connectivity index (χ4v) is 3.10. The minimum Gasteiger partial charge on any atom is -0.467 e. The van der Waals surface area contributed by atoms with Crippen molar-refractivity contribution in [3.05, 3.63) is 24.2 Å². The molecule has 5 nitrogen and oxygen atoms in total. The second-order valence-corrected chi connectivity index (χ2v) is 5.82. The van der Waals surface area contributed by atoms with Gasteiger partial charge in [0.2, 0.25) is 0 Å². The fraction of sp³-hybridized carbons (Fsp3) is 0.750. The first-order chi connectivity index (χ1) is 10.4. The van der Waals surface area contributed by atoms with Crippen LogP contribution in [0.4, 0.5) is 0 Å². The molecule has 3 rings (SSSR count). The van der Waals surface area contributed by atoms with E-state index in [1.165, 1.54) is 0 Å². The van der Waals surface area contributed by atoms with Crippen molar-refractivity contribution < 1.29 is 18.6 Å². The quantitative estimate of drug-likeness (QED) is 0.783. The maximum atomic E-state index is 5.74. The minimum atomic E-state index is -0.246. The molecule has 1 saturated carbocycles. The molecule has 0 aromatic carbocycles. The first kappa shape index (κ1) is 15.0. The predicted octanol–water partition coefficient (Wildman–Crippen LogP) is 2.46. The Morgan fingerprint density at radius 1 is 1.24 bits per heavy atom. The summed E-state index contributed by atoms with van der Waals surface area (Å²) in [6.45, 7) is 3.83. The topological polar surface area (TPSA) is 52.9 Å². The Kier molecular flexibility index (Phi) is 5.30. The number of furan rings is 1. The van der Waals surface area contributed by atoms with Gasteiger partial charge in [0.05, 0.1) is 19.5 Å². The molecule has 0 amide bonds. The van der Waals surface area contributed by atoms with Crippen LogP contribution in [0.5, 0.6) is 0 Å². The van der Waals surface area contributed by atoms with Gasteiger partial charge in [-0.3, -0.25) is 0 Å². The van der Waals surface area contributed by atoms with Gasteiger partial charge in [-0.05, 0) is 37.9 Å². The third-order valence-corrected chi connectivity index (χ3v) is 4.28. The van der Waals surface area contributed by atoms with E-state index in [0.29, 0.717) is 12.6 Å². The SMILES string of the molecule is c1coc(COCCCNC2CCC3(CC2)OCCO3)c1. The third-order valence-electron chi connectivity index (χ3n) is 4.28. The van der Waals surface area contributed by atoms with Gasteiger partial charge >= 0.3 is 0 Å². The first-order valence-electron chi connectivity index (χ1n) is 7.98. The summed E-state index contributed by atoms with van der Waals surface area (Å²) in [6, 6.07) is 4.41. The van der Waals surface area contributed by atoms with Crippen LogP contribution in [0.15, 0.2) is 22.8 Å². The fourth-order valence-electron chi connectivity index (χ4n) is 3.10. The van der Waals surface area contributed by atoms with E-state index < -0.39 is 0 Å². The highest BCUT2D eigenvalue weighted by Crippen LogP contribution is 2.35. The second kappa shape index (κ2) is 7.40. The molecular weight excluding hydrogens is 270 g/mol. The lowest BCUT2D eigenvalue weighted by atomic mass is 9.90. The van der Waals surface area contributed by atoms with Crippen molar-refractivity contribution in [1.82, 2.24) is 5.32 Å². The van der Waals surface area contributed by atoms with Crippen molar-refractivity contribution in [2.45, 2.75) is 50.5 Å². The summed E-state index contributed by atoms with van der Waals surface area (Å²) >= 11 is 0. The van der Waals surface area contributed by atoms with Gasteiger partial charge in [-0.25, -0.2) is 0 Å². The van der Waals surface area contributed by atoms with Gasteiger partial charge in [0, 0.05) is 25.5 Å². The molecule has 5 heteroatoms. The number of hydrogen-bond acceptors (Lipinski definition) is 5. The number of hydrogen-bond donors (Lipinski definition) is 1. The Morgan fingerprint density at radius 3 is 2.76 bits per heavy atom. The molecule has 0 atom stereocenters. The summed E-state index contributed by atoms with van der Waals surface area (Å²) in [7, 11) is 0. The summed E-state index contributed by atoms with van der Waals surface area (Å²) in [5.74, 6) is 0.641. The molecule has 21 heavy (non-hydrogen) atoms. The lowest BCUT2D eigenvalue weighted by molar-refractivity contribution is -0.179. The van der Waals surface area contributed by atoms with Crippen LogP contribution in [0.25, 0.3) is 0 Å². The van der Waals surface area contributed by atoms with E-state index in [4.69, 9.17) is 18.6 Å². The Labute approximate surface area is 125 Å². The van der Waals surface area contributed by atoms with Crippen molar-refractivity contribution in [3.8, 4) is 0 Å². The largest absolute Gasteiger partial charge is 0.467 e. The highest BCUT2D eigenvalue weighted by Gasteiger charge is 2.39. The highest BCUT2D eigenvalue weighted by molar-refractivity contribution is 4.96. The molecule has 0 unspecified atom stereocenters. The van der Waals surface area contributed by atoms with E-state index >= 15 is 0 Å². The molecule has 0 radical (unpaired) electrons. The van der Waals surface area contributed by atoms with Crippen LogP contribution in [-0.2, 0) is 20.8 Å². The molecule has 2 heterocycles. The summed E-state index contributed by atoms with van der Waals surface area (Å²) in [4.78, 5) is 0. The van der Waals surface area contributed by atoms with Crippen LogP contribution in [0.1, 0.15) is 37.9 Å². The Balaban J connectivity index is 1.22. The maximum Gasteiger partial charge on any atom is 0.168 e. The van der Waals surface area contributed by atoms with Gasteiger partial charge in [0.1, 0.15) is 12.4 Å².